The van der Waals surface area contributed by atoms with Crippen molar-refractivity contribution in [2.24, 2.45) is 0 Å². The lowest BCUT2D eigenvalue weighted by atomic mass is 10.2. The molecule has 0 radical (unpaired) electrons. The van der Waals surface area contributed by atoms with Crippen molar-refractivity contribution in [1.82, 2.24) is 9.97 Å². The maximum Gasteiger partial charge on any atom is 0.355 e. The molecule has 154 valence electrons. The molecule has 0 bridgehead atoms. The molecule has 3 aromatic carbocycles. The molecule has 8 nitrogen and oxygen atoms in total. The number of hydrogen-bond donors (Lipinski definition) is 2. The summed E-state index contributed by atoms with van der Waals surface area (Å²) in [5, 5.41) is 16.7. The van der Waals surface area contributed by atoms with E-state index in [-0.39, 0.29) is 17.3 Å². The van der Waals surface area contributed by atoms with Crippen LogP contribution < -0.4 is 15.8 Å². The predicted molar refractivity (Wildman–Crippen MR) is 125 cm³/mol. The molecule has 0 saturated heterocycles. The molecule has 0 atom stereocenters. The molecule has 31 heavy (non-hydrogen) atoms. The summed E-state index contributed by atoms with van der Waals surface area (Å²) < 4.78 is 0.757. The Balaban J connectivity index is 1.76. The second-order valence-electron chi connectivity index (χ2n) is 6.40. The smallest absolute Gasteiger partial charge is 0.333 e. The SMILES string of the molecule is O=[N+]([O-])c1c(Nc2ccccc2Br)ncnc1NN(c1ccccc1)c1ccccc1. The zero-order valence-corrected chi connectivity index (χ0v) is 17.7. The van der Waals surface area contributed by atoms with Gasteiger partial charge in [-0.15, -0.1) is 0 Å². The Morgan fingerprint density at radius 3 is 1.94 bits per heavy atom. The number of nitro groups is 1. The van der Waals surface area contributed by atoms with Gasteiger partial charge in [0.15, 0.2) is 0 Å². The van der Waals surface area contributed by atoms with Gasteiger partial charge in [0.2, 0.25) is 11.6 Å². The van der Waals surface area contributed by atoms with Gasteiger partial charge in [-0.3, -0.25) is 20.5 Å². The van der Waals surface area contributed by atoms with Crippen molar-refractivity contribution in [3.8, 4) is 0 Å². The second kappa shape index (κ2) is 9.23. The van der Waals surface area contributed by atoms with Crippen molar-refractivity contribution in [2.45, 2.75) is 0 Å². The van der Waals surface area contributed by atoms with Gasteiger partial charge in [-0.25, -0.2) is 9.97 Å². The van der Waals surface area contributed by atoms with Gasteiger partial charge in [0.05, 0.1) is 22.0 Å². The first kappa shape index (κ1) is 20.3. The van der Waals surface area contributed by atoms with Crippen LogP contribution in [0.3, 0.4) is 0 Å². The molecule has 0 aliphatic rings. The largest absolute Gasteiger partial charge is 0.355 e. The average Bonchev–Trinajstić information content (AvgIpc) is 2.80. The third-order valence-corrected chi connectivity index (χ3v) is 5.07. The average molecular weight is 477 g/mol. The summed E-state index contributed by atoms with van der Waals surface area (Å²) in [6.07, 6.45) is 1.28. The van der Waals surface area contributed by atoms with Crippen LogP contribution in [0.25, 0.3) is 0 Å². The molecule has 0 saturated carbocycles. The lowest BCUT2D eigenvalue weighted by molar-refractivity contribution is -0.383. The molecular formula is C22H17BrN6O2. The van der Waals surface area contributed by atoms with E-state index >= 15 is 0 Å². The van der Waals surface area contributed by atoms with Crippen molar-refractivity contribution >= 4 is 50.3 Å². The van der Waals surface area contributed by atoms with E-state index in [4.69, 9.17) is 0 Å². The molecule has 0 fully saturated rings. The van der Waals surface area contributed by atoms with Crippen molar-refractivity contribution in [2.75, 3.05) is 15.8 Å². The molecular weight excluding hydrogens is 460 g/mol. The summed E-state index contributed by atoms with van der Waals surface area (Å²) in [5.41, 5.74) is 5.06. The Bertz CT molecular complexity index is 1150. The number of halogens is 1. The Morgan fingerprint density at radius 1 is 0.806 bits per heavy atom. The highest BCUT2D eigenvalue weighted by Gasteiger charge is 2.25. The van der Waals surface area contributed by atoms with Crippen LogP contribution in [0.5, 0.6) is 0 Å². The Morgan fingerprint density at radius 2 is 1.35 bits per heavy atom. The number of benzene rings is 3. The molecule has 0 spiro atoms. The van der Waals surface area contributed by atoms with Gasteiger partial charge in [-0.05, 0) is 52.3 Å². The molecule has 0 aliphatic heterocycles. The second-order valence-corrected chi connectivity index (χ2v) is 7.25. The third kappa shape index (κ3) is 4.62. The zero-order valence-electron chi connectivity index (χ0n) is 16.1. The van der Waals surface area contributed by atoms with Crippen molar-refractivity contribution in [3.05, 3.63) is 106 Å². The highest BCUT2D eigenvalue weighted by atomic mass is 79.9. The lowest BCUT2D eigenvalue weighted by Gasteiger charge is -2.26. The molecule has 1 heterocycles. The van der Waals surface area contributed by atoms with E-state index in [9.17, 15) is 10.1 Å². The number of hydrogen-bond acceptors (Lipinski definition) is 7. The van der Waals surface area contributed by atoms with E-state index in [1.807, 2.05) is 78.9 Å². The van der Waals surface area contributed by atoms with Crippen molar-refractivity contribution < 1.29 is 4.92 Å². The van der Waals surface area contributed by atoms with E-state index in [1.54, 1.807) is 11.1 Å². The van der Waals surface area contributed by atoms with Gasteiger partial charge in [-0.2, -0.15) is 0 Å². The standard InChI is InChI=1S/C22H17BrN6O2/c23-18-13-7-8-14-19(18)26-21-20(29(30)31)22(25-15-24-21)27-28(16-9-3-1-4-10-16)17-11-5-2-6-12-17/h1-15H,(H2,24,25,26,27). The monoisotopic (exact) mass is 476 g/mol. The first-order valence-corrected chi connectivity index (χ1v) is 10.1. The maximum absolute atomic E-state index is 12.0. The van der Waals surface area contributed by atoms with Crippen LogP contribution in [0, 0.1) is 10.1 Å². The van der Waals surface area contributed by atoms with Crippen LogP contribution in [0.4, 0.5) is 34.4 Å². The van der Waals surface area contributed by atoms with E-state index < -0.39 is 4.92 Å². The predicted octanol–water partition coefficient (Wildman–Crippen LogP) is 6.06. The molecule has 1 aromatic heterocycles. The van der Waals surface area contributed by atoms with Gasteiger partial charge in [-0.1, -0.05) is 48.5 Å². The number of hydrazine groups is 1. The van der Waals surface area contributed by atoms with Crippen molar-refractivity contribution in [1.29, 1.82) is 0 Å². The topological polar surface area (TPSA) is 96.2 Å². The van der Waals surface area contributed by atoms with Gasteiger partial charge in [0.25, 0.3) is 0 Å². The number of nitrogens with zero attached hydrogens (tertiary/aromatic N) is 4. The number of anilines is 5. The van der Waals surface area contributed by atoms with Crippen LogP contribution >= 0.6 is 15.9 Å². The summed E-state index contributed by atoms with van der Waals surface area (Å²) in [7, 11) is 0. The molecule has 4 aromatic rings. The van der Waals surface area contributed by atoms with Crippen LogP contribution in [-0.4, -0.2) is 14.9 Å². The number of aromatic nitrogens is 2. The van der Waals surface area contributed by atoms with Gasteiger partial charge >= 0.3 is 5.69 Å². The molecule has 2 N–H and O–H groups in total. The minimum Gasteiger partial charge on any atom is -0.333 e. The molecule has 0 amide bonds. The highest BCUT2D eigenvalue weighted by molar-refractivity contribution is 9.10. The summed E-state index contributed by atoms with van der Waals surface area (Å²) >= 11 is 3.44. The summed E-state index contributed by atoms with van der Waals surface area (Å²) in [5.74, 6) is 0.137. The summed E-state index contributed by atoms with van der Waals surface area (Å²) in [4.78, 5) is 19.7. The van der Waals surface area contributed by atoms with Gasteiger partial charge < -0.3 is 5.32 Å². The quantitative estimate of drug-likeness (QED) is 0.247. The Labute approximate surface area is 186 Å². The van der Waals surface area contributed by atoms with E-state index in [0.717, 1.165) is 15.8 Å². The van der Waals surface area contributed by atoms with Crippen molar-refractivity contribution in [3.63, 3.8) is 0 Å². The Hall–Kier alpha value is -3.98. The third-order valence-electron chi connectivity index (χ3n) is 4.38. The van der Waals surface area contributed by atoms with Gasteiger partial charge in [0.1, 0.15) is 6.33 Å². The summed E-state index contributed by atoms with van der Waals surface area (Å²) in [6.45, 7) is 0. The van der Waals surface area contributed by atoms with Crippen LogP contribution in [0.2, 0.25) is 0 Å². The lowest BCUT2D eigenvalue weighted by Crippen LogP contribution is -2.26. The molecule has 9 heteroatoms. The zero-order chi connectivity index (χ0) is 21.6. The first-order valence-electron chi connectivity index (χ1n) is 9.31. The minimum atomic E-state index is -0.504. The first-order chi connectivity index (χ1) is 15.1. The van der Waals surface area contributed by atoms with Crippen LogP contribution in [0.15, 0.2) is 95.7 Å². The molecule has 0 aliphatic carbocycles. The maximum atomic E-state index is 12.0. The fraction of sp³-hybridized carbons (Fsp3) is 0. The van der Waals surface area contributed by atoms with Crippen LogP contribution in [0.1, 0.15) is 0 Å². The van der Waals surface area contributed by atoms with E-state index in [0.29, 0.717) is 5.69 Å². The number of rotatable bonds is 7. The number of nitrogens with one attached hydrogen (secondary N) is 2. The van der Waals surface area contributed by atoms with E-state index in [2.05, 4.69) is 36.6 Å². The highest BCUT2D eigenvalue weighted by Crippen LogP contribution is 2.35. The fourth-order valence-corrected chi connectivity index (χ4v) is 3.34. The molecule has 0 unspecified atom stereocenters. The fourth-order valence-electron chi connectivity index (χ4n) is 2.95. The van der Waals surface area contributed by atoms with Crippen LogP contribution in [-0.2, 0) is 0 Å². The number of para-hydroxylation sites is 3. The molecule has 4 rings (SSSR count). The van der Waals surface area contributed by atoms with E-state index in [1.165, 1.54) is 6.33 Å². The normalized spacial score (nSPS) is 10.4. The van der Waals surface area contributed by atoms with Gasteiger partial charge in [0, 0.05) is 4.47 Å². The Kier molecular flexibility index (Phi) is 6.04. The minimum absolute atomic E-state index is 0.0576. The summed E-state index contributed by atoms with van der Waals surface area (Å²) in [6, 6.07) is 26.3.